The molecule has 1 aliphatic carbocycles. The van der Waals surface area contributed by atoms with Gasteiger partial charge >= 0.3 is 5.97 Å². The van der Waals surface area contributed by atoms with E-state index in [4.69, 9.17) is 11.6 Å². The van der Waals surface area contributed by atoms with Crippen molar-refractivity contribution in [1.29, 1.82) is 0 Å². The zero-order chi connectivity index (χ0) is 32.7. The van der Waals surface area contributed by atoms with E-state index in [9.17, 15) is 32.7 Å². The van der Waals surface area contributed by atoms with E-state index in [2.05, 4.69) is 26.0 Å². The Kier molecular flexibility index (Phi) is 8.25. The summed E-state index contributed by atoms with van der Waals surface area (Å²) in [6, 6.07) is 10.7. The van der Waals surface area contributed by atoms with E-state index in [0.717, 1.165) is 11.1 Å². The number of aromatic nitrogens is 3. The monoisotopic (exact) mass is 664 g/mol. The first-order valence-electron chi connectivity index (χ1n) is 14.5. The Morgan fingerprint density at radius 1 is 1.04 bits per heavy atom. The summed E-state index contributed by atoms with van der Waals surface area (Å²) in [5, 5.41) is 22.4. The minimum Gasteiger partial charge on any atom is -0.478 e. The van der Waals surface area contributed by atoms with Gasteiger partial charge in [-0.2, -0.15) is 5.10 Å². The lowest BCUT2D eigenvalue weighted by molar-refractivity contribution is 0.0695. The molecular weight excluding hydrogens is 636 g/mol. The van der Waals surface area contributed by atoms with Gasteiger partial charge in [-0.3, -0.25) is 14.4 Å². The second-order valence-electron chi connectivity index (χ2n) is 11.4. The number of para-hydroxylation sites is 1. The first-order valence-corrected chi connectivity index (χ1v) is 16.7. The zero-order valence-corrected chi connectivity index (χ0v) is 26.1. The van der Waals surface area contributed by atoms with Gasteiger partial charge in [0.15, 0.2) is 15.5 Å². The summed E-state index contributed by atoms with van der Waals surface area (Å²) in [6.45, 7) is 1.84. The van der Waals surface area contributed by atoms with Gasteiger partial charge in [0.25, 0.3) is 17.7 Å². The number of anilines is 1. The average Bonchev–Trinajstić information content (AvgIpc) is 3.73. The molecule has 0 bridgehead atoms. The highest BCUT2D eigenvalue weighted by molar-refractivity contribution is 7.91. The molecule has 15 heteroatoms. The van der Waals surface area contributed by atoms with E-state index >= 15 is 0 Å². The lowest BCUT2D eigenvalue weighted by Gasteiger charge is -2.16. The fourth-order valence-corrected chi connectivity index (χ4v) is 8.05. The van der Waals surface area contributed by atoms with Crippen molar-refractivity contribution < 1.29 is 32.7 Å². The van der Waals surface area contributed by atoms with Gasteiger partial charge in [0, 0.05) is 12.6 Å². The van der Waals surface area contributed by atoms with Crippen molar-refractivity contribution in [2.45, 2.75) is 32.2 Å². The van der Waals surface area contributed by atoms with Crippen LogP contribution >= 0.6 is 11.6 Å². The molecule has 6 rings (SSSR count). The first kappa shape index (κ1) is 31.2. The van der Waals surface area contributed by atoms with Gasteiger partial charge in [0.05, 0.1) is 40.0 Å². The number of hydrogen-bond acceptors (Lipinski definition) is 8. The molecule has 238 valence electrons. The van der Waals surface area contributed by atoms with E-state index in [1.807, 2.05) is 0 Å². The van der Waals surface area contributed by atoms with E-state index in [1.165, 1.54) is 22.8 Å². The molecular formula is C31H29ClN6O7S. The van der Waals surface area contributed by atoms with Crippen LogP contribution in [0.5, 0.6) is 0 Å². The Labute approximate surface area is 268 Å². The van der Waals surface area contributed by atoms with Crippen LogP contribution in [0.3, 0.4) is 0 Å². The third-order valence-electron chi connectivity index (χ3n) is 8.41. The van der Waals surface area contributed by atoms with Crippen molar-refractivity contribution in [2.24, 2.45) is 5.92 Å². The first-order chi connectivity index (χ1) is 21.9. The molecule has 1 saturated heterocycles. The van der Waals surface area contributed by atoms with E-state index in [-0.39, 0.29) is 52.1 Å². The number of fused-ring (bicyclic) bond motifs is 2. The van der Waals surface area contributed by atoms with Crippen LogP contribution in [0.1, 0.15) is 77.3 Å². The summed E-state index contributed by atoms with van der Waals surface area (Å²) in [6.07, 6.45) is 2.76. The summed E-state index contributed by atoms with van der Waals surface area (Å²) < 4.78 is 24.9. The summed E-state index contributed by atoms with van der Waals surface area (Å²) >= 11 is 6.21. The normalized spacial score (nSPS) is 18.2. The van der Waals surface area contributed by atoms with Gasteiger partial charge < -0.3 is 21.1 Å². The number of nitrogens with zero attached hydrogens (tertiary/aromatic N) is 3. The highest BCUT2D eigenvalue weighted by Crippen LogP contribution is 2.35. The summed E-state index contributed by atoms with van der Waals surface area (Å²) in [7, 11) is -3.15. The van der Waals surface area contributed by atoms with Gasteiger partial charge in [-0.25, -0.2) is 22.7 Å². The van der Waals surface area contributed by atoms with Crippen molar-refractivity contribution in [3.63, 3.8) is 0 Å². The number of carbonyl (C=O) groups is 4. The van der Waals surface area contributed by atoms with Crippen LogP contribution in [0.2, 0.25) is 5.02 Å². The maximum atomic E-state index is 13.8. The number of carboxylic acid groups (broad SMARTS) is 1. The molecule has 3 heterocycles. The zero-order valence-electron chi connectivity index (χ0n) is 24.5. The van der Waals surface area contributed by atoms with Gasteiger partial charge in [0.1, 0.15) is 17.0 Å². The lowest BCUT2D eigenvalue weighted by Crippen LogP contribution is -2.32. The van der Waals surface area contributed by atoms with Gasteiger partial charge in [-0.15, -0.1) is 0 Å². The standard InChI is InChI=1S/C31H29ClN6O7S/c1-16-18-8-9-23(20(18)7-6-19(16)31(42)43)36-30(41)26-12-25(29(40)33-13-17-10-11-46(44,45)15-17)35-27-21(14-34-38(26)27)28(39)37-24-5-3-2-4-22(24)32/h2-7,12,14,17,23H,8-11,13,15H2,1H3,(H,33,40)(H,36,41)(H,37,39)(H,42,43)/t17?,23-/m0/s1. The molecule has 2 aromatic heterocycles. The molecule has 2 aliphatic rings. The number of halogens is 1. The molecule has 1 fully saturated rings. The van der Waals surface area contributed by atoms with Gasteiger partial charge in [-0.05, 0) is 67.0 Å². The van der Waals surface area contributed by atoms with Crippen molar-refractivity contribution in [3.8, 4) is 0 Å². The Bertz CT molecular complexity index is 2040. The van der Waals surface area contributed by atoms with Crippen LogP contribution in [0.25, 0.3) is 5.65 Å². The molecule has 1 unspecified atom stereocenters. The van der Waals surface area contributed by atoms with Crippen molar-refractivity contribution in [2.75, 3.05) is 23.4 Å². The smallest absolute Gasteiger partial charge is 0.335 e. The summed E-state index contributed by atoms with van der Waals surface area (Å²) in [5.74, 6) is -3.11. The van der Waals surface area contributed by atoms with E-state index in [1.54, 1.807) is 37.3 Å². The summed E-state index contributed by atoms with van der Waals surface area (Å²) in [5.41, 5.74) is 2.53. The molecule has 4 N–H and O–H groups in total. The Balaban J connectivity index is 1.33. The fourth-order valence-electron chi connectivity index (χ4n) is 6.01. The Morgan fingerprint density at radius 2 is 1.83 bits per heavy atom. The maximum Gasteiger partial charge on any atom is 0.335 e. The second kappa shape index (κ2) is 12.2. The van der Waals surface area contributed by atoms with Gasteiger partial charge in [-0.1, -0.05) is 29.8 Å². The minimum absolute atomic E-state index is 0.0199. The molecule has 3 amide bonds. The summed E-state index contributed by atoms with van der Waals surface area (Å²) in [4.78, 5) is 56.4. The van der Waals surface area contributed by atoms with Crippen molar-refractivity contribution in [1.82, 2.24) is 25.2 Å². The molecule has 0 radical (unpaired) electrons. The van der Waals surface area contributed by atoms with Crippen LogP contribution in [0, 0.1) is 12.8 Å². The molecule has 1 aliphatic heterocycles. The lowest BCUT2D eigenvalue weighted by atomic mass is 9.98. The number of hydrogen-bond donors (Lipinski definition) is 4. The van der Waals surface area contributed by atoms with Crippen LogP contribution in [-0.4, -0.2) is 69.9 Å². The largest absolute Gasteiger partial charge is 0.478 e. The topological polar surface area (TPSA) is 189 Å². The van der Waals surface area contributed by atoms with E-state index in [0.29, 0.717) is 35.5 Å². The number of amides is 3. The molecule has 0 saturated carbocycles. The van der Waals surface area contributed by atoms with Crippen LogP contribution < -0.4 is 16.0 Å². The number of sulfone groups is 1. The number of nitrogens with one attached hydrogen (secondary N) is 3. The van der Waals surface area contributed by atoms with E-state index < -0.39 is 39.6 Å². The van der Waals surface area contributed by atoms with Gasteiger partial charge in [0.2, 0.25) is 0 Å². The third kappa shape index (κ3) is 6.05. The quantitative estimate of drug-likeness (QED) is 0.219. The molecule has 2 aromatic carbocycles. The number of carbonyl (C=O) groups excluding carboxylic acids is 3. The number of carboxylic acids is 1. The fraction of sp³-hybridized carbons (Fsp3) is 0.290. The second-order valence-corrected chi connectivity index (χ2v) is 14.0. The minimum atomic E-state index is -3.15. The molecule has 4 aromatic rings. The van der Waals surface area contributed by atoms with Crippen molar-refractivity contribution in [3.05, 3.63) is 92.9 Å². The molecule has 2 atom stereocenters. The Hall–Kier alpha value is -4.82. The SMILES string of the molecule is Cc1c(C(=O)O)ccc2c1CC[C@@H]2NC(=O)c1cc(C(=O)NCC2CCS(=O)(=O)C2)nc2c(C(=O)Nc3ccccc3Cl)cnn12. The van der Waals surface area contributed by atoms with Crippen LogP contribution in [-0.2, 0) is 16.3 Å². The molecule has 13 nitrogen and oxygen atoms in total. The molecule has 0 spiro atoms. The molecule has 46 heavy (non-hydrogen) atoms. The highest BCUT2D eigenvalue weighted by atomic mass is 35.5. The predicted molar refractivity (Wildman–Crippen MR) is 168 cm³/mol. The van der Waals surface area contributed by atoms with Crippen molar-refractivity contribution >= 4 is 56.5 Å². The number of rotatable bonds is 8. The van der Waals surface area contributed by atoms with Crippen LogP contribution in [0.15, 0.2) is 48.7 Å². The highest BCUT2D eigenvalue weighted by Gasteiger charge is 2.31. The maximum absolute atomic E-state index is 13.8. The third-order valence-corrected chi connectivity index (χ3v) is 10.6. The number of aromatic carboxylic acids is 1. The predicted octanol–water partition coefficient (Wildman–Crippen LogP) is 3.22. The average molecular weight is 665 g/mol. The number of benzene rings is 2. The Morgan fingerprint density at radius 3 is 2.54 bits per heavy atom. The van der Waals surface area contributed by atoms with Crippen LogP contribution in [0.4, 0.5) is 5.69 Å².